The Hall–Kier alpha value is -0.730. The summed E-state index contributed by atoms with van der Waals surface area (Å²) in [4.78, 5) is 12.5. The van der Waals surface area contributed by atoms with Crippen LogP contribution in [0.4, 0.5) is 5.69 Å². The van der Waals surface area contributed by atoms with Crippen molar-refractivity contribution >= 4 is 62.0 Å². The van der Waals surface area contributed by atoms with Crippen molar-refractivity contribution in [2.24, 2.45) is 0 Å². The van der Waals surface area contributed by atoms with Crippen LogP contribution in [0.25, 0.3) is 5.76 Å². The topological polar surface area (TPSA) is 83.5 Å². The monoisotopic (exact) mass is 455 g/mol. The fourth-order valence-corrected chi connectivity index (χ4v) is 4.52. The zero-order valence-electron chi connectivity index (χ0n) is 15.1. The number of carbonyl (C=O) groups excluding carboxylic acids is 1. The second-order valence-electron chi connectivity index (χ2n) is 5.62. The molecule has 5 nitrogen and oxygen atoms in total. The summed E-state index contributed by atoms with van der Waals surface area (Å²) in [6, 6.07) is 8.58. The van der Waals surface area contributed by atoms with Crippen LogP contribution in [0.1, 0.15) is 13.4 Å². The van der Waals surface area contributed by atoms with Gasteiger partial charge in [-0.1, -0.05) is 34.8 Å². The molecule has 0 atom stereocenters. The first kappa shape index (κ1) is 22.6. The van der Waals surface area contributed by atoms with E-state index in [1.165, 1.54) is 30.3 Å². The van der Waals surface area contributed by atoms with Gasteiger partial charge in [0, 0.05) is 16.3 Å². The largest absolute Gasteiger partial charge is 1.00 e. The van der Waals surface area contributed by atoms with Gasteiger partial charge in [-0.05, 0) is 42.8 Å². The van der Waals surface area contributed by atoms with E-state index >= 15 is 0 Å². The molecule has 0 spiro atoms. The van der Waals surface area contributed by atoms with Crippen LogP contribution >= 0.6 is 34.8 Å². The number of carbonyl (C=O) groups is 1. The molecule has 2 aromatic carbocycles. The average Bonchev–Trinajstić information content (AvgIpc) is 2.66. The van der Waals surface area contributed by atoms with Crippen LogP contribution in [-0.4, -0.2) is 25.2 Å². The van der Waals surface area contributed by atoms with Crippen LogP contribution in [0.3, 0.4) is 0 Å². The van der Waals surface area contributed by atoms with Gasteiger partial charge in [-0.2, -0.15) is 0 Å². The van der Waals surface area contributed by atoms with Crippen molar-refractivity contribution in [3.05, 3.63) is 62.6 Å². The van der Waals surface area contributed by atoms with Crippen LogP contribution in [0, 0.1) is 0 Å². The SMILES string of the molecule is O=C(Nc1ccc(Cl)c(Cl)c1)C1=C(O)c2cc(Cl)ccc2S(=O)(=O)CC1.[H-].[Na+]. The summed E-state index contributed by atoms with van der Waals surface area (Å²) in [5.74, 6) is -1.36. The minimum atomic E-state index is -3.66. The Morgan fingerprint density at radius 3 is 2.44 bits per heavy atom. The molecule has 1 heterocycles. The van der Waals surface area contributed by atoms with E-state index in [9.17, 15) is 18.3 Å². The van der Waals surface area contributed by atoms with Crippen molar-refractivity contribution in [2.75, 3.05) is 11.1 Å². The minimum Gasteiger partial charge on any atom is -1.00 e. The number of aliphatic hydroxyl groups is 1. The van der Waals surface area contributed by atoms with E-state index in [1.54, 1.807) is 6.07 Å². The van der Waals surface area contributed by atoms with Gasteiger partial charge in [0.2, 0.25) is 0 Å². The molecule has 0 saturated carbocycles. The van der Waals surface area contributed by atoms with E-state index in [1.807, 2.05) is 0 Å². The first-order valence-corrected chi connectivity index (χ1v) is 10.2. The number of benzene rings is 2. The molecule has 10 heteroatoms. The number of fused-ring (bicyclic) bond motifs is 1. The number of hydrogen-bond acceptors (Lipinski definition) is 4. The van der Waals surface area contributed by atoms with Crippen LogP contribution in [0.2, 0.25) is 15.1 Å². The molecule has 3 rings (SSSR count). The van der Waals surface area contributed by atoms with E-state index < -0.39 is 21.5 Å². The molecule has 0 unspecified atom stereocenters. The summed E-state index contributed by atoms with van der Waals surface area (Å²) in [6.07, 6.45) is -0.145. The molecule has 0 fully saturated rings. The number of aliphatic hydroxyl groups excluding tert-OH is 1. The van der Waals surface area contributed by atoms with Gasteiger partial charge in [0.1, 0.15) is 5.76 Å². The second kappa shape index (κ2) is 8.74. The predicted molar refractivity (Wildman–Crippen MR) is 104 cm³/mol. The Bertz CT molecular complexity index is 1060. The third-order valence-corrected chi connectivity index (χ3v) is 6.63. The number of amides is 1. The minimum absolute atomic E-state index is 0. The van der Waals surface area contributed by atoms with E-state index in [-0.39, 0.29) is 69.2 Å². The molecule has 2 N–H and O–H groups in total. The molecule has 2 aromatic rings. The molecule has 0 aromatic heterocycles. The number of rotatable bonds is 2. The molecule has 0 aliphatic carbocycles. The first-order chi connectivity index (χ1) is 12.2. The van der Waals surface area contributed by atoms with Crippen LogP contribution in [0.15, 0.2) is 46.9 Å². The number of anilines is 1. The Kier molecular flexibility index (Phi) is 7.30. The van der Waals surface area contributed by atoms with Crippen molar-refractivity contribution in [3.8, 4) is 0 Å². The van der Waals surface area contributed by atoms with Crippen molar-refractivity contribution in [1.29, 1.82) is 0 Å². The summed E-state index contributed by atoms with van der Waals surface area (Å²) in [5, 5.41) is 14.0. The van der Waals surface area contributed by atoms with Gasteiger partial charge in [0.25, 0.3) is 5.91 Å². The van der Waals surface area contributed by atoms with Gasteiger partial charge < -0.3 is 11.8 Å². The number of hydrogen-bond donors (Lipinski definition) is 2. The Balaban J connectivity index is 0.00000196. The maximum atomic E-state index is 12.6. The molecule has 1 aliphatic rings. The average molecular weight is 457 g/mol. The Morgan fingerprint density at radius 1 is 1.07 bits per heavy atom. The van der Waals surface area contributed by atoms with Crippen LogP contribution in [-0.2, 0) is 14.6 Å². The Morgan fingerprint density at radius 2 is 1.78 bits per heavy atom. The second-order valence-corrected chi connectivity index (χ2v) is 8.95. The molecule has 0 bridgehead atoms. The van der Waals surface area contributed by atoms with Crippen molar-refractivity contribution < 1.29 is 49.3 Å². The van der Waals surface area contributed by atoms with E-state index in [0.717, 1.165) is 0 Å². The number of sulfone groups is 1. The summed E-state index contributed by atoms with van der Waals surface area (Å²) in [7, 11) is -3.66. The fraction of sp³-hybridized carbons (Fsp3) is 0.118. The van der Waals surface area contributed by atoms with Gasteiger partial charge in [-0.15, -0.1) is 0 Å². The maximum absolute atomic E-state index is 12.6. The maximum Gasteiger partial charge on any atom is 1.00 e. The standard InChI is InChI=1S/C17H12Cl3NO4S.Na.H/c18-9-1-4-15-12(7-9)16(22)11(5-6-26(15,24)25)17(23)21-10-2-3-13(19)14(20)8-10;;/h1-4,7-8,22H,5-6H2,(H,21,23);;/q;+1;-1. The van der Waals surface area contributed by atoms with Crippen molar-refractivity contribution in [1.82, 2.24) is 0 Å². The summed E-state index contributed by atoms with van der Waals surface area (Å²) >= 11 is 17.7. The zero-order valence-corrected chi connectivity index (χ0v) is 19.2. The third-order valence-electron chi connectivity index (χ3n) is 3.89. The van der Waals surface area contributed by atoms with Crippen LogP contribution in [0.5, 0.6) is 0 Å². The molecular weight excluding hydrogens is 444 g/mol. The van der Waals surface area contributed by atoms with Crippen molar-refractivity contribution in [3.63, 3.8) is 0 Å². The van der Waals surface area contributed by atoms with E-state index in [2.05, 4.69) is 5.32 Å². The van der Waals surface area contributed by atoms with E-state index in [0.29, 0.717) is 10.7 Å². The van der Waals surface area contributed by atoms with Gasteiger partial charge >= 0.3 is 29.6 Å². The van der Waals surface area contributed by atoms with Gasteiger partial charge in [0.15, 0.2) is 9.84 Å². The van der Waals surface area contributed by atoms with Crippen molar-refractivity contribution in [2.45, 2.75) is 11.3 Å². The molecular formula is C17H13Cl3NNaO4S. The van der Waals surface area contributed by atoms with Gasteiger partial charge in [-0.3, -0.25) is 4.79 Å². The molecule has 138 valence electrons. The number of nitrogens with one attached hydrogen (secondary N) is 1. The summed E-state index contributed by atoms with van der Waals surface area (Å²) in [6.45, 7) is 0. The number of halogens is 3. The predicted octanol–water partition coefficient (Wildman–Crippen LogP) is 1.85. The smallest absolute Gasteiger partial charge is 1.00 e. The molecule has 1 amide bonds. The molecule has 0 radical (unpaired) electrons. The normalized spacial score (nSPS) is 15.4. The molecule has 0 saturated heterocycles. The quantitative estimate of drug-likeness (QED) is 0.676. The Labute approximate surface area is 195 Å². The molecule has 1 aliphatic heterocycles. The summed E-state index contributed by atoms with van der Waals surface area (Å²) < 4.78 is 24.8. The van der Waals surface area contributed by atoms with E-state index in [4.69, 9.17) is 34.8 Å². The van der Waals surface area contributed by atoms with Crippen LogP contribution < -0.4 is 34.9 Å². The van der Waals surface area contributed by atoms with Gasteiger partial charge in [0.05, 0.1) is 26.3 Å². The fourth-order valence-electron chi connectivity index (χ4n) is 2.59. The first-order valence-electron chi connectivity index (χ1n) is 7.40. The summed E-state index contributed by atoms with van der Waals surface area (Å²) in [5.41, 5.74) is 0.318. The molecule has 27 heavy (non-hydrogen) atoms. The third kappa shape index (κ3) is 4.82. The zero-order chi connectivity index (χ0) is 19.1. The van der Waals surface area contributed by atoms with Gasteiger partial charge in [-0.25, -0.2) is 8.42 Å².